The molecule has 2 aliphatic rings. The van der Waals surface area contributed by atoms with Gasteiger partial charge in [0.1, 0.15) is 0 Å². The molecule has 1 fully saturated rings. The second-order valence-corrected chi connectivity index (χ2v) is 9.68. The van der Waals surface area contributed by atoms with E-state index >= 15 is 0 Å². The molecule has 1 saturated carbocycles. The van der Waals surface area contributed by atoms with Crippen molar-refractivity contribution in [1.29, 1.82) is 0 Å². The molecule has 1 aliphatic carbocycles. The number of fused-ring (bicyclic) bond motifs is 1. The van der Waals surface area contributed by atoms with Crippen LogP contribution in [0.1, 0.15) is 49.3 Å². The number of rotatable bonds is 7. The Hall–Kier alpha value is -3.61. The number of carboxylic acid groups (broad SMARTS) is 1. The molecule has 0 bridgehead atoms. The number of aliphatic carboxylic acids is 1. The molecular formula is C28H33N4O3-. The van der Waals surface area contributed by atoms with Gasteiger partial charge in [-0.3, -0.25) is 4.79 Å². The van der Waals surface area contributed by atoms with Crippen LogP contribution in [-0.4, -0.2) is 50.8 Å². The molecule has 184 valence electrons. The predicted molar refractivity (Wildman–Crippen MR) is 138 cm³/mol. The van der Waals surface area contributed by atoms with E-state index in [4.69, 9.17) is 5.10 Å². The summed E-state index contributed by atoms with van der Waals surface area (Å²) in [4.78, 5) is 28.2. The van der Waals surface area contributed by atoms with Gasteiger partial charge in [-0.25, -0.2) is 5.01 Å². The number of carbonyl (C=O) groups excluding carboxylic acids is 2. The fraction of sp³-hybridized carbons (Fsp3) is 0.393. The summed E-state index contributed by atoms with van der Waals surface area (Å²) in [6.45, 7) is 0. The number of allylic oxidation sites excluding steroid dienone is 1. The van der Waals surface area contributed by atoms with Gasteiger partial charge in [-0.2, -0.15) is 5.10 Å². The maximum Gasteiger partial charge on any atom is 0.243 e. The van der Waals surface area contributed by atoms with E-state index in [-0.39, 0.29) is 30.7 Å². The molecule has 0 saturated heterocycles. The summed E-state index contributed by atoms with van der Waals surface area (Å²) in [5.41, 5.74) is 6.41. The molecule has 0 N–H and O–H groups in total. The van der Waals surface area contributed by atoms with Crippen LogP contribution in [0.4, 0.5) is 11.4 Å². The standard InChI is InChI=1S/C28H34N4O3/c1-30(2)22-12-8-19(9-13-22)18-21-6-5-7-24-27(21)29-32(25(33)16-17-26(34)35)28(24)20-10-14-23(15-11-20)31(3)4/h8-15,18,24,28H,5-7,16-17H2,1-4H3,(H,34,35)/p-1/b21-18+/t24-,28+/m0/s1. The molecule has 1 heterocycles. The largest absolute Gasteiger partial charge is 0.550 e. The smallest absolute Gasteiger partial charge is 0.243 e. The molecule has 0 unspecified atom stereocenters. The number of hydrazone groups is 1. The van der Waals surface area contributed by atoms with E-state index in [2.05, 4.69) is 47.4 Å². The van der Waals surface area contributed by atoms with Crippen LogP contribution in [-0.2, 0) is 9.59 Å². The molecule has 7 heteroatoms. The summed E-state index contributed by atoms with van der Waals surface area (Å²) in [5.74, 6) is -1.43. The molecule has 2 aromatic rings. The van der Waals surface area contributed by atoms with Gasteiger partial charge in [0, 0.05) is 57.9 Å². The Morgan fingerprint density at radius 2 is 1.57 bits per heavy atom. The van der Waals surface area contributed by atoms with Gasteiger partial charge in [0.2, 0.25) is 5.91 Å². The Labute approximate surface area is 207 Å². The lowest BCUT2D eigenvalue weighted by molar-refractivity contribution is -0.305. The highest BCUT2D eigenvalue weighted by molar-refractivity contribution is 6.08. The highest BCUT2D eigenvalue weighted by Crippen LogP contribution is 2.45. The van der Waals surface area contributed by atoms with Crippen LogP contribution in [0.5, 0.6) is 0 Å². The average Bonchev–Trinajstić information content (AvgIpc) is 3.23. The average molecular weight is 474 g/mol. The third-order valence-electron chi connectivity index (χ3n) is 6.80. The minimum Gasteiger partial charge on any atom is -0.550 e. The maximum atomic E-state index is 13.1. The molecule has 4 rings (SSSR count). The molecular weight excluding hydrogens is 440 g/mol. The first kappa shape index (κ1) is 24.5. The van der Waals surface area contributed by atoms with Crippen LogP contribution in [0.2, 0.25) is 0 Å². The number of carbonyl (C=O) groups is 2. The van der Waals surface area contributed by atoms with Gasteiger partial charge in [0.05, 0.1) is 11.8 Å². The Balaban J connectivity index is 1.68. The van der Waals surface area contributed by atoms with Crippen LogP contribution < -0.4 is 14.9 Å². The lowest BCUT2D eigenvalue weighted by atomic mass is 9.77. The van der Waals surface area contributed by atoms with Crippen molar-refractivity contribution in [3.63, 3.8) is 0 Å². The van der Waals surface area contributed by atoms with Crippen molar-refractivity contribution in [2.24, 2.45) is 11.0 Å². The van der Waals surface area contributed by atoms with E-state index in [1.54, 1.807) is 0 Å². The summed E-state index contributed by atoms with van der Waals surface area (Å²) < 4.78 is 0. The van der Waals surface area contributed by atoms with Gasteiger partial charge in [0.15, 0.2) is 0 Å². The molecule has 2 aromatic carbocycles. The first-order valence-corrected chi connectivity index (χ1v) is 12.1. The first-order valence-electron chi connectivity index (χ1n) is 12.1. The maximum absolute atomic E-state index is 13.1. The second-order valence-electron chi connectivity index (χ2n) is 9.68. The van der Waals surface area contributed by atoms with Crippen LogP contribution in [0.25, 0.3) is 6.08 Å². The minimum absolute atomic E-state index is 0.0770. The van der Waals surface area contributed by atoms with Crippen molar-refractivity contribution in [3.05, 3.63) is 65.2 Å². The number of anilines is 2. The fourth-order valence-electron chi connectivity index (χ4n) is 4.90. The Morgan fingerprint density at radius 3 is 2.14 bits per heavy atom. The molecule has 1 amide bonds. The second kappa shape index (κ2) is 10.3. The van der Waals surface area contributed by atoms with Crippen molar-refractivity contribution in [2.75, 3.05) is 38.0 Å². The summed E-state index contributed by atoms with van der Waals surface area (Å²) in [6.07, 6.45) is 4.59. The number of hydrogen-bond acceptors (Lipinski definition) is 6. The summed E-state index contributed by atoms with van der Waals surface area (Å²) in [6, 6.07) is 16.3. The first-order chi connectivity index (χ1) is 16.7. The molecule has 7 nitrogen and oxygen atoms in total. The van der Waals surface area contributed by atoms with Crippen LogP contribution >= 0.6 is 0 Å². The van der Waals surface area contributed by atoms with Crippen LogP contribution in [0, 0.1) is 5.92 Å². The van der Waals surface area contributed by atoms with E-state index < -0.39 is 5.97 Å². The minimum atomic E-state index is -1.23. The normalized spacial score (nSPS) is 20.4. The van der Waals surface area contributed by atoms with E-state index in [0.717, 1.165) is 53.0 Å². The third kappa shape index (κ3) is 5.39. The lowest BCUT2D eigenvalue weighted by Gasteiger charge is -2.30. The zero-order chi connectivity index (χ0) is 25.1. The van der Waals surface area contributed by atoms with Crippen molar-refractivity contribution < 1.29 is 14.7 Å². The van der Waals surface area contributed by atoms with E-state index in [1.807, 2.05) is 45.2 Å². The molecule has 0 radical (unpaired) electrons. The van der Waals surface area contributed by atoms with E-state index in [0.29, 0.717) is 0 Å². The molecule has 0 aromatic heterocycles. The zero-order valence-electron chi connectivity index (χ0n) is 20.9. The SMILES string of the molecule is CN(C)c1ccc(/C=C2\CCC[C@H]3C2=NN(C(=O)CCC(=O)[O-])[C@@H]3c2ccc(N(C)C)cc2)cc1. The van der Waals surface area contributed by atoms with Crippen LogP contribution in [0.3, 0.4) is 0 Å². The molecule has 2 atom stereocenters. The summed E-state index contributed by atoms with van der Waals surface area (Å²) in [7, 11) is 8.02. The Morgan fingerprint density at radius 1 is 0.971 bits per heavy atom. The lowest BCUT2D eigenvalue weighted by Crippen LogP contribution is -2.33. The van der Waals surface area contributed by atoms with Gasteiger partial charge in [-0.15, -0.1) is 0 Å². The van der Waals surface area contributed by atoms with Crippen molar-refractivity contribution in [1.82, 2.24) is 5.01 Å². The zero-order valence-corrected chi connectivity index (χ0v) is 20.9. The number of nitrogens with zero attached hydrogens (tertiary/aromatic N) is 4. The van der Waals surface area contributed by atoms with Crippen molar-refractivity contribution in [2.45, 2.75) is 38.1 Å². The Kier molecular flexibility index (Phi) is 7.24. The van der Waals surface area contributed by atoms with Gasteiger partial charge in [-0.05, 0) is 72.7 Å². The fourth-order valence-corrected chi connectivity index (χ4v) is 4.90. The number of amides is 1. The highest BCUT2D eigenvalue weighted by atomic mass is 16.4. The van der Waals surface area contributed by atoms with Gasteiger partial charge in [0.25, 0.3) is 0 Å². The molecule has 1 aliphatic heterocycles. The number of benzene rings is 2. The topological polar surface area (TPSA) is 79.3 Å². The number of hydrogen-bond donors (Lipinski definition) is 0. The quantitative estimate of drug-likeness (QED) is 0.615. The molecule has 35 heavy (non-hydrogen) atoms. The Bertz CT molecular complexity index is 1130. The van der Waals surface area contributed by atoms with Crippen LogP contribution in [0.15, 0.2) is 59.2 Å². The highest BCUT2D eigenvalue weighted by Gasteiger charge is 2.43. The van der Waals surface area contributed by atoms with Gasteiger partial charge < -0.3 is 19.7 Å². The number of carboxylic acids is 1. The van der Waals surface area contributed by atoms with E-state index in [9.17, 15) is 14.7 Å². The predicted octanol–water partition coefficient (Wildman–Crippen LogP) is 3.47. The monoisotopic (exact) mass is 473 g/mol. The van der Waals surface area contributed by atoms with Gasteiger partial charge >= 0.3 is 0 Å². The van der Waals surface area contributed by atoms with Crippen molar-refractivity contribution in [3.8, 4) is 0 Å². The van der Waals surface area contributed by atoms with E-state index in [1.165, 1.54) is 5.01 Å². The molecule has 0 spiro atoms. The summed E-state index contributed by atoms with van der Waals surface area (Å²) >= 11 is 0. The van der Waals surface area contributed by atoms with Crippen molar-refractivity contribution >= 4 is 35.0 Å². The summed E-state index contributed by atoms with van der Waals surface area (Å²) in [5, 5.41) is 17.4. The third-order valence-corrected chi connectivity index (χ3v) is 6.80. The van der Waals surface area contributed by atoms with Gasteiger partial charge in [-0.1, -0.05) is 24.3 Å².